The van der Waals surface area contributed by atoms with Crippen molar-refractivity contribution in [2.24, 2.45) is 0 Å². The summed E-state index contributed by atoms with van der Waals surface area (Å²) >= 11 is 0. The standard InChI is InChI=1S/C46H56N10O6/c57-41-37-5-1-2-6-38(37)42(58)55(41)31-61-35-13-9-33(10-14-35)23-53-45-25-47-17-20-50-28-46(29-51-21-18-48-26-45,30-52-22-19-49-27-45)54-24-34-11-15-36(16-12-34)62-32-56-43(59)39-7-3-4-8-40(39)44(56)60/h1-16,47-54H,17-32H2. The summed E-state index contributed by atoms with van der Waals surface area (Å²) in [5.41, 5.74) is 3.23. The summed E-state index contributed by atoms with van der Waals surface area (Å²) in [4.78, 5) is 53.3. The molecule has 326 valence electrons. The zero-order valence-electron chi connectivity index (χ0n) is 34.9. The maximum atomic E-state index is 12.8. The lowest BCUT2D eigenvalue weighted by atomic mass is 9.96. The topological polar surface area (TPSA) is 189 Å². The van der Waals surface area contributed by atoms with Gasteiger partial charge in [0.2, 0.25) is 0 Å². The van der Waals surface area contributed by atoms with Gasteiger partial charge in [0.25, 0.3) is 23.6 Å². The molecule has 0 radical (unpaired) electrons. The number of rotatable bonds is 12. The molecular weight excluding hydrogens is 789 g/mol. The van der Waals surface area contributed by atoms with Crippen LogP contribution in [0.2, 0.25) is 0 Å². The van der Waals surface area contributed by atoms with E-state index in [0.29, 0.717) is 46.8 Å². The Morgan fingerprint density at radius 3 is 0.968 bits per heavy atom. The number of hydrogen-bond acceptors (Lipinski definition) is 14. The van der Waals surface area contributed by atoms with Crippen molar-refractivity contribution in [3.8, 4) is 11.5 Å². The van der Waals surface area contributed by atoms with Gasteiger partial charge in [-0.05, 0) is 59.7 Å². The second-order valence-electron chi connectivity index (χ2n) is 16.3. The molecule has 4 amide bonds. The fourth-order valence-electron chi connectivity index (χ4n) is 8.22. The number of fused-ring (bicyclic) bond motifs is 17. The van der Waals surface area contributed by atoms with Gasteiger partial charge in [0.1, 0.15) is 11.5 Å². The van der Waals surface area contributed by atoms with Crippen LogP contribution in [0, 0.1) is 0 Å². The smallest absolute Gasteiger partial charge is 0.264 e. The van der Waals surface area contributed by atoms with Gasteiger partial charge >= 0.3 is 0 Å². The third kappa shape index (κ3) is 10.2. The van der Waals surface area contributed by atoms with Crippen LogP contribution in [0.5, 0.6) is 11.5 Å². The molecule has 5 aliphatic rings. The second-order valence-corrected chi connectivity index (χ2v) is 16.3. The zero-order valence-corrected chi connectivity index (χ0v) is 34.9. The number of amides is 4. The summed E-state index contributed by atoms with van der Waals surface area (Å²) < 4.78 is 11.8. The second kappa shape index (κ2) is 20.1. The van der Waals surface area contributed by atoms with Gasteiger partial charge in [-0.3, -0.25) is 19.2 Å². The number of nitrogens with one attached hydrogen (secondary N) is 8. The molecule has 0 saturated carbocycles. The van der Waals surface area contributed by atoms with Crippen molar-refractivity contribution >= 4 is 23.6 Å². The molecule has 9 rings (SSSR count). The summed E-state index contributed by atoms with van der Waals surface area (Å²) in [7, 11) is 0. The van der Waals surface area contributed by atoms with Gasteiger partial charge in [0, 0.05) is 91.6 Å². The summed E-state index contributed by atoms with van der Waals surface area (Å²) in [6, 6.07) is 29.2. The number of hydrogen-bond donors (Lipinski definition) is 8. The van der Waals surface area contributed by atoms with E-state index >= 15 is 0 Å². The minimum Gasteiger partial charge on any atom is -0.473 e. The molecule has 62 heavy (non-hydrogen) atoms. The molecule has 5 heterocycles. The first-order valence-electron chi connectivity index (χ1n) is 21.4. The van der Waals surface area contributed by atoms with Gasteiger partial charge in [-0.1, -0.05) is 48.5 Å². The van der Waals surface area contributed by atoms with Crippen molar-refractivity contribution in [3.63, 3.8) is 0 Å². The van der Waals surface area contributed by atoms with Crippen molar-refractivity contribution in [2.45, 2.75) is 24.2 Å². The molecule has 0 atom stereocenters. The van der Waals surface area contributed by atoms with Crippen LogP contribution in [-0.2, 0) is 13.1 Å². The van der Waals surface area contributed by atoms with E-state index in [9.17, 15) is 19.2 Å². The van der Waals surface area contributed by atoms with E-state index in [2.05, 4.69) is 42.5 Å². The molecule has 4 aromatic carbocycles. The van der Waals surface area contributed by atoms with E-state index in [1.54, 1.807) is 48.5 Å². The highest BCUT2D eigenvalue weighted by molar-refractivity contribution is 6.22. The highest BCUT2D eigenvalue weighted by Crippen LogP contribution is 2.25. The summed E-state index contributed by atoms with van der Waals surface area (Å²) in [5.74, 6) is -0.205. The van der Waals surface area contributed by atoms with E-state index in [1.807, 2.05) is 48.5 Å². The molecule has 8 N–H and O–H groups in total. The van der Waals surface area contributed by atoms with E-state index < -0.39 is 0 Å². The van der Waals surface area contributed by atoms with Gasteiger partial charge in [0.15, 0.2) is 13.5 Å². The molecule has 3 saturated heterocycles. The third-order valence-corrected chi connectivity index (χ3v) is 11.9. The highest BCUT2D eigenvalue weighted by Gasteiger charge is 2.37. The fraction of sp³-hybridized carbons (Fsp3) is 0.391. The fourth-order valence-corrected chi connectivity index (χ4v) is 8.22. The molecule has 0 unspecified atom stereocenters. The molecular formula is C46H56N10O6. The molecule has 0 spiro atoms. The van der Waals surface area contributed by atoms with Gasteiger partial charge in [0.05, 0.1) is 33.3 Å². The van der Waals surface area contributed by atoms with Crippen LogP contribution in [0.3, 0.4) is 0 Å². The minimum atomic E-state index is -0.341. The zero-order chi connectivity index (χ0) is 42.8. The Kier molecular flexibility index (Phi) is 14.0. The van der Waals surface area contributed by atoms with Crippen molar-refractivity contribution in [3.05, 3.63) is 130 Å². The van der Waals surface area contributed by atoms with E-state index in [1.165, 1.54) is 0 Å². The van der Waals surface area contributed by atoms with E-state index in [-0.39, 0.29) is 48.2 Å². The van der Waals surface area contributed by atoms with Crippen molar-refractivity contribution in [2.75, 3.05) is 92.0 Å². The molecule has 16 heteroatoms. The first kappa shape index (κ1) is 43.1. The molecule has 4 aromatic rings. The maximum absolute atomic E-state index is 12.8. The van der Waals surface area contributed by atoms with Crippen LogP contribution >= 0.6 is 0 Å². The molecule has 3 fully saturated rings. The SMILES string of the molecule is O=C1c2ccccc2C(=O)N1COc1ccc(CNC23CNCCNCC(NCc4ccc(OCN5C(=O)c6ccccc6C5=O)cc4)(CNCCNC2)CNCCNC3)cc1. The van der Waals surface area contributed by atoms with Gasteiger partial charge in [-0.2, -0.15) is 0 Å². The van der Waals surface area contributed by atoms with Crippen LogP contribution < -0.4 is 52.0 Å². The number of ether oxygens (including phenoxy) is 2. The predicted octanol–water partition coefficient (Wildman–Crippen LogP) is 0.873. The van der Waals surface area contributed by atoms with Crippen LogP contribution in [0.1, 0.15) is 52.6 Å². The lowest BCUT2D eigenvalue weighted by molar-refractivity contribution is 0.0506. The highest BCUT2D eigenvalue weighted by atomic mass is 16.5. The Morgan fingerprint density at radius 2 is 0.694 bits per heavy atom. The maximum Gasteiger partial charge on any atom is 0.264 e. The van der Waals surface area contributed by atoms with Gasteiger partial charge < -0.3 is 52.0 Å². The van der Waals surface area contributed by atoms with Gasteiger partial charge in [-0.25, -0.2) is 9.80 Å². The molecule has 16 nitrogen and oxygen atoms in total. The Morgan fingerprint density at radius 1 is 0.419 bits per heavy atom. The number of benzene rings is 4. The third-order valence-electron chi connectivity index (χ3n) is 11.9. The van der Waals surface area contributed by atoms with Crippen LogP contribution in [0.25, 0.3) is 0 Å². The predicted molar refractivity (Wildman–Crippen MR) is 234 cm³/mol. The normalized spacial score (nSPS) is 22.6. The molecule has 0 aromatic heterocycles. The summed E-state index contributed by atoms with van der Waals surface area (Å²) in [6.07, 6.45) is 0. The Labute approximate surface area is 361 Å². The lowest BCUT2D eigenvalue weighted by Crippen LogP contribution is -2.66. The molecule has 2 bridgehead atoms. The largest absolute Gasteiger partial charge is 0.473 e. The van der Waals surface area contributed by atoms with Crippen molar-refractivity contribution < 1.29 is 28.7 Å². The summed E-state index contributed by atoms with van der Waals surface area (Å²) in [5, 5.41) is 30.0. The van der Waals surface area contributed by atoms with Crippen LogP contribution in [0.4, 0.5) is 0 Å². The monoisotopic (exact) mass is 844 g/mol. The number of carbonyl (C=O) groups excluding carboxylic acids is 4. The van der Waals surface area contributed by atoms with E-state index in [0.717, 1.165) is 99.5 Å². The lowest BCUT2D eigenvalue weighted by Gasteiger charge is -2.39. The van der Waals surface area contributed by atoms with Gasteiger partial charge in [-0.15, -0.1) is 0 Å². The quantitative estimate of drug-likeness (QED) is 0.0939. The Bertz CT molecular complexity index is 1930. The first-order chi connectivity index (χ1) is 30.3. The first-order valence-corrected chi connectivity index (χ1v) is 21.4. The average molecular weight is 845 g/mol. The van der Waals surface area contributed by atoms with Crippen molar-refractivity contribution in [1.82, 2.24) is 52.3 Å². The van der Waals surface area contributed by atoms with Crippen LogP contribution in [0.15, 0.2) is 97.1 Å². The number of nitrogens with zero attached hydrogens (tertiary/aromatic N) is 2. The minimum absolute atomic E-state index is 0.148. The molecule has 5 aliphatic heterocycles. The van der Waals surface area contributed by atoms with E-state index in [4.69, 9.17) is 9.47 Å². The Balaban J connectivity index is 0.827. The van der Waals surface area contributed by atoms with Crippen LogP contribution in [-0.4, -0.2) is 137 Å². The number of imide groups is 2. The van der Waals surface area contributed by atoms with Crippen molar-refractivity contribution in [1.29, 1.82) is 0 Å². The Hall–Kier alpha value is -5.56. The molecule has 0 aliphatic carbocycles. The summed E-state index contributed by atoms with van der Waals surface area (Å²) in [6.45, 7) is 10.2. The number of carbonyl (C=O) groups is 4. The average Bonchev–Trinajstić information content (AvgIpc) is 3.69.